The monoisotopic (exact) mass is 244 g/mol. The zero-order chi connectivity index (χ0) is 13.1. The van der Waals surface area contributed by atoms with Gasteiger partial charge in [0.25, 0.3) is 0 Å². The molecule has 18 heavy (non-hydrogen) atoms. The van der Waals surface area contributed by atoms with Crippen LogP contribution in [0.15, 0.2) is 24.3 Å². The molecular weight excluding hydrogens is 228 g/mol. The molecule has 0 spiro atoms. The largest absolute Gasteiger partial charge is 0.437 e. The molecule has 5 heteroatoms. The number of anilines is 2. The van der Waals surface area contributed by atoms with Crippen molar-refractivity contribution in [3.8, 4) is 11.6 Å². The Labute approximate surface area is 106 Å². The third kappa shape index (κ3) is 2.51. The Morgan fingerprint density at radius 2 is 1.89 bits per heavy atom. The number of hydrogen-bond acceptors (Lipinski definition) is 5. The fraction of sp³-hybridized carbons (Fsp3) is 0.231. The topological polar surface area (TPSA) is 87.0 Å². The Balaban J connectivity index is 2.30. The third-order valence-electron chi connectivity index (χ3n) is 2.55. The van der Waals surface area contributed by atoms with Crippen LogP contribution in [0, 0.1) is 6.92 Å². The van der Waals surface area contributed by atoms with Crippen LogP contribution in [-0.4, -0.2) is 9.97 Å². The highest BCUT2D eigenvalue weighted by molar-refractivity contribution is 5.58. The highest BCUT2D eigenvalue weighted by Gasteiger charge is 2.07. The molecule has 5 nitrogen and oxygen atoms in total. The van der Waals surface area contributed by atoms with E-state index in [4.69, 9.17) is 16.2 Å². The van der Waals surface area contributed by atoms with Crippen molar-refractivity contribution in [3.05, 3.63) is 35.7 Å². The van der Waals surface area contributed by atoms with Gasteiger partial charge in [0.1, 0.15) is 0 Å². The molecule has 0 saturated carbocycles. The minimum atomic E-state index is 0.269. The molecule has 0 fully saturated rings. The van der Waals surface area contributed by atoms with E-state index in [0.717, 1.165) is 17.8 Å². The summed E-state index contributed by atoms with van der Waals surface area (Å²) < 4.78 is 5.68. The number of ether oxygens (including phenoxy) is 1. The van der Waals surface area contributed by atoms with Gasteiger partial charge in [-0.15, -0.1) is 0 Å². The predicted molar refractivity (Wildman–Crippen MR) is 71.5 cm³/mol. The first-order valence-electron chi connectivity index (χ1n) is 5.76. The Bertz CT molecular complexity index is 569. The minimum Gasteiger partial charge on any atom is -0.437 e. The Morgan fingerprint density at radius 1 is 1.11 bits per heavy atom. The molecule has 0 unspecified atom stereocenters. The molecule has 0 aromatic carbocycles. The second-order valence-electron chi connectivity index (χ2n) is 3.98. The van der Waals surface area contributed by atoms with Crippen LogP contribution in [0.25, 0.3) is 0 Å². The number of hydrogen-bond donors (Lipinski definition) is 2. The summed E-state index contributed by atoms with van der Waals surface area (Å²) in [6.07, 6.45) is 0.793. The van der Waals surface area contributed by atoms with Crippen LogP contribution < -0.4 is 16.2 Å². The maximum absolute atomic E-state index is 5.68. The van der Waals surface area contributed by atoms with Gasteiger partial charge in [-0.1, -0.05) is 6.92 Å². The first-order valence-corrected chi connectivity index (χ1v) is 5.76. The first-order chi connectivity index (χ1) is 8.60. The van der Waals surface area contributed by atoms with E-state index in [9.17, 15) is 0 Å². The van der Waals surface area contributed by atoms with Gasteiger partial charge >= 0.3 is 0 Å². The summed E-state index contributed by atoms with van der Waals surface area (Å²) in [5.41, 5.74) is 13.5. The SMILES string of the molecule is CCc1nc(C)ccc1Oc1ccc(N)c(N)n1. The van der Waals surface area contributed by atoms with E-state index in [1.54, 1.807) is 12.1 Å². The molecule has 2 heterocycles. The van der Waals surface area contributed by atoms with Gasteiger partial charge in [0.05, 0.1) is 11.4 Å². The maximum Gasteiger partial charge on any atom is 0.221 e. The van der Waals surface area contributed by atoms with Crippen LogP contribution in [0.2, 0.25) is 0 Å². The van der Waals surface area contributed by atoms with Crippen LogP contribution in [0.5, 0.6) is 11.6 Å². The lowest BCUT2D eigenvalue weighted by Crippen LogP contribution is -2.00. The fourth-order valence-electron chi connectivity index (χ4n) is 1.58. The van der Waals surface area contributed by atoms with E-state index in [-0.39, 0.29) is 5.82 Å². The average molecular weight is 244 g/mol. The summed E-state index contributed by atoms with van der Waals surface area (Å²) in [6, 6.07) is 7.14. The number of nitrogens with zero attached hydrogens (tertiary/aromatic N) is 2. The van der Waals surface area contributed by atoms with Crippen molar-refractivity contribution in [1.82, 2.24) is 9.97 Å². The molecule has 2 aromatic heterocycles. The quantitative estimate of drug-likeness (QED) is 0.865. The first kappa shape index (κ1) is 12.2. The molecule has 0 aliphatic carbocycles. The van der Waals surface area contributed by atoms with Gasteiger partial charge in [-0.2, -0.15) is 4.98 Å². The summed E-state index contributed by atoms with van der Waals surface area (Å²) in [5.74, 6) is 1.38. The van der Waals surface area contributed by atoms with E-state index in [2.05, 4.69) is 9.97 Å². The average Bonchev–Trinajstić information content (AvgIpc) is 2.36. The number of pyridine rings is 2. The second-order valence-corrected chi connectivity index (χ2v) is 3.98. The van der Waals surface area contributed by atoms with Gasteiger partial charge in [0, 0.05) is 11.8 Å². The number of nitrogens with two attached hydrogens (primary N) is 2. The smallest absolute Gasteiger partial charge is 0.221 e. The standard InChI is InChI=1S/C13H16N4O/c1-3-10-11(6-4-8(2)16-10)18-12-7-5-9(14)13(15)17-12/h4-7H,3,14H2,1-2H3,(H2,15,17). The van der Waals surface area contributed by atoms with Crippen LogP contribution in [-0.2, 0) is 6.42 Å². The van der Waals surface area contributed by atoms with E-state index < -0.39 is 0 Å². The summed E-state index contributed by atoms with van der Waals surface area (Å²) in [7, 11) is 0. The zero-order valence-corrected chi connectivity index (χ0v) is 10.5. The van der Waals surface area contributed by atoms with Crippen LogP contribution in [0.4, 0.5) is 11.5 Å². The van der Waals surface area contributed by atoms with Crippen molar-refractivity contribution >= 4 is 11.5 Å². The van der Waals surface area contributed by atoms with Crippen LogP contribution >= 0.6 is 0 Å². The molecule has 0 saturated heterocycles. The zero-order valence-electron chi connectivity index (χ0n) is 10.5. The summed E-state index contributed by atoms with van der Waals surface area (Å²) in [5, 5.41) is 0. The van der Waals surface area contributed by atoms with Gasteiger partial charge in [0.2, 0.25) is 5.88 Å². The van der Waals surface area contributed by atoms with Gasteiger partial charge in [-0.3, -0.25) is 4.98 Å². The molecule has 94 valence electrons. The van der Waals surface area contributed by atoms with Crippen LogP contribution in [0.1, 0.15) is 18.3 Å². The molecular formula is C13H16N4O. The molecule has 0 aliphatic heterocycles. The van der Waals surface area contributed by atoms with E-state index in [1.807, 2.05) is 26.0 Å². The van der Waals surface area contributed by atoms with Crippen molar-refractivity contribution in [1.29, 1.82) is 0 Å². The molecule has 0 aliphatic rings. The fourth-order valence-corrected chi connectivity index (χ4v) is 1.58. The predicted octanol–water partition coefficient (Wildman–Crippen LogP) is 2.30. The van der Waals surface area contributed by atoms with E-state index >= 15 is 0 Å². The summed E-state index contributed by atoms with van der Waals surface area (Å²) in [6.45, 7) is 3.97. The highest BCUT2D eigenvalue weighted by Crippen LogP contribution is 2.25. The lowest BCUT2D eigenvalue weighted by molar-refractivity contribution is 0.455. The maximum atomic E-state index is 5.68. The van der Waals surface area contributed by atoms with Crippen molar-refractivity contribution in [2.45, 2.75) is 20.3 Å². The van der Waals surface area contributed by atoms with Crippen molar-refractivity contribution in [2.24, 2.45) is 0 Å². The number of nitrogen functional groups attached to an aromatic ring is 2. The van der Waals surface area contributed by atoms with Crippen LogP contribution in [0.3, 0.4) is 0 Å². The Hall–Kier alpha value is -2.30. The summed E-state index contributed by atoms with van der Waals surface area (Å²) in [4.78, 5) is 8.49. The number of rotatable bonds is 3. The van der Waals surface area contributed by atoms with Crippen molar-refractivity contribution < 1.29 is 4.74 Å². The normalized spacial score (nSPS) is 10.3. The molecule has 2 rings (SSSR count). The van der Waals surface area contributed by atoms with Gasteiger partial charge in [-0.25, -0.2) is 0 Å². The van der Waals surface area contributed by atoms with Crippen molar-refractivity contribution in [3.63, 3.8) is 0 Å². The summed E-state index contributed by atoms with van der Waals surface area (Å²) >= 11 is 0. The third-order valence-corrected chi connectivity index (χ3v) is 2.55. The second kappa shape index (κ2) is 4.91. The van der Waals surface area contributed by atoms with Gasteiger partial charge in [-0.05, 0) is 31.5 Å². The molecule has 0 amide bonds. The Morgan fingerprint density at radius 3 is 2.56 bits per heavy atom. The molecule has 2 aromatic rings. The van der Waals surface area contributed by atoms with Gasteiger partial charge in [0.15, 0.2) is 11.6 Å². The lowest BCUT2D eigenvalue weighted by atomic mass is 10.2. The Kier molecular flexibility index (Phi) is 3.32. The van der Waals surface area contributed by atoms with E-state index in [0.29, 0.717) is 17.3 Å². The molecule has 0 radical (unpaired) electrons. The molecule has 4 N–H and O–H groups in total. The van der Waals surface area contributed by atoms with Gasteiger partial charge < -0.3 is 16.2 Å². The minimum absolute atomic E-state index is 0.269. The van der Waals surface area contributed by atoms with Crippen molar-refractivity contribution in [2.75, 3.05) is 11.5 Å². The molecule has 0 atom stereocenters. The lowest BCUT2D eigenvalue weighted by Gasteiger charge is -2.10. The van der Waals surface area contributed by atoms with E-state index in [1.165, 1.54) is 0 Å². The number of aromatic nitrogens is 2. The molecule has 0 bridgehead atoms. The highest BCUT2D eigenvalue weighted by atomic mass is 16.5. The number of aryl methyl sites for hydroxylation is 2.